The van der Waals surface area contributed by atoms with Crippen LogP contribution in [0.2, 0.25) is 5.15 Å². The van der Waals surface area contributed by atoms with Crippen LogP contribution in [0.25, 0.3) is 4.96 Å². The second kappa shape index (κ2) is 7.40. The van der Waals surface area contributed by atoms with E-state index in [-0.39, 0.29) is 16.9 Å². The summed E-state index contributed by atoms with van der Waals surface area (Å²) in [6.07, 6.45) is 4.42. The van der Waals surface area contributed by atoms with Gasteiger partial charge in [0.25, 0.3) is 5.91 Å². The normalized spacial score (nSPS) is 15.9. The molecule has 1 saturated carbocycles. The first-order valence-electron chi connectivity index (χ1n) is 7.89. The number of amides is 3. The van der Waals surface area contributed by atoms with Crippen molar-refractivity contribution in [1.82, 2.24) is 20.0 Å². The Bertz CT molecular complexity index is 812. The number of fused-ring (bicyclic) bond motifs is 1. The van der Waals surface area contributed by atoms with Crippen LogP contribution in [0, 0.1) is 0 Å². The Morgan fingerprint density at radius 3 is 2.84 bits per heavy atom. The van der Waals surface area contributed by atoms with Crippen LogP contribution < -0.4 is 10.6 Å². The second-order valence-electron chi connectivity index (χ2n) is 5.80. The first kappa shape index (κ1) is 17.7. The summed E-state index contributed by atoms with van der Waals surface area (Å²) >= 11 is 7.27. The van der Waals surface area contributed by atoms with E-state index >= 15 is 0 Å². The van der Waals surface area contributed by atoms with Crippen molar-refractivity contribution in [2.45, 2.75) is 44.8 Å². The average molecular weight is 385 g/mol. The highest BCUT2D eigenvalue weighted by atomic mass is 35.5. The Balaban J connectivity index is 1.57. The highest BCUT2D eigenvalue weighted by molar-refractivity contribution is 7.15. The maximum absolute atomic E-state index is 12.3. The lowest BCUT2D eigenvalue weighted by atomic mass is 10.2. The number of carbonyl (C=O) groups is 3. The van der Waals surface area contributed by atoms with Crippen molar-refractivity contribution in [3.8, 4) is 0 Å². The van der Waals surface area contributed by atoms with E-state index in [0.717, 1.165) is 25.7 Å². The van der Waals surface area contributed by atoms with Crippen LogP contribution in [0.4, 0.5) is 4.79 Å². The van der Waals surface area contributed by atoms with E-state index in [1.807, 2.05) is 0 Å². The van der Waals surface area contributed by atoms with E-state index in [9.17, 15) is 14.4 Å². The maximum Gasteiger partial charge on any atom is 0.359 e. The van der Waals surface area contributed by atoms with Crippen LogP contribution in [-0.2, 0) is 9.53 Å². The molecular weight excluding hydrogens is 368 g/mol. The number of halogens is 1. The van der Waals surface area contributed by atoms with Gasteiger partial charge >= 0.3 is 12.0 Å². The molecule has 0 spiro atoms. The number of rotatable bonds is 4. The largest absolute Gasteiger partial charge is 0.448 e. The number of esters is 1. The fraction of sp³-hybridized carbons (Fsp3) is 0.467. The van der Waals surface area contributed by atoms with Gasteiger partial charge in [0.05, 0.1) is 0 Å². The molecule has 0 bridgehead atoms. The van der Waals surface area contributed by atoms with Crippen molar-refractivity contribution in [1.29, 1.82) is 0 Å². The van der Waals surface area contributed by atoms with E-state index in [0.29, 0.717) is 4.96 Å². The molecule has 2 aromatic rings. The molecule has 10 heteroatoms. The summed E-state index contributed by atoms with van der Waals surface area (Å²) in [5.74, 6) is -1.49. The fourth-order valence-corrected chi connectivity index (χ4v) is 3.73. The molecule has 0 aliphatic heterocycles. The average Bonchev–Trinajstić information content (AvgIpc) is 3.24. The number of thiazole rings is 1. The zero-order chi connectivity index (χ0) is 18.0. The number of hydrogen-bond acceptors (Lipinski definition) is 6. The molecule has 3 rings (SSSR count). The third kappa shape index (κ3) is 3.93. The molecule has 0 saturated heterocycles. The van der Waals surface area contributed by atoms with Gasteiger partial charge in [-0.25, -0.2) is 14.6 Å². The van der Waals surface area contributed by atoms with Gasteiger partial charge in [0, 0.05) is 17.6 Å². The SMILES string of the molecule is C[C@H](OC(=O)c1c(Cl)nc2sccn12)C(=O)NC(=O)NC1CCCC1. The highest BCUT2D eigenvalue weighted by Gasteiger charge is 2.26. The molecule has 0 unspecified atom stereocenters. The lowest BCUT2D eigenvalue weighted by Gasteiger charge is -2.15. The van der Waals surface area contributed by atoms with Crippen LogP contribution >= 0.6 is 22.9 Å². The van der Waals surface area contributed by atoms with Crippen molar-refractivity contribution < 1.29 is 19.1 Å². The van der Waals surface area contributed by atoms with Crippen molar-refractivity contribution in [3.63, 3.8) is 0 Å². The topological polar surface area (TPSA) is 102 Å². The lowest BCUT2D eigenvalue weighted by molar-refractivity contribution is -0.127. The Kier molecular flexibility index (Phi) is 5.24. The zero-order valence-corrected chi connectivity index (χ0v) is 15.0. The predicted octanol–water partition coefficient (Wildman–Crippen LogP) is 2.36. The quantitative estimate of drug-likeness (QED) is 0.788. The molecule has 25 heavy (non-hydrogen) atoms. The third-order valence-electron chi connectivity index (χ3n) is 3.99. The van der Waals surface area contributed by atoms with E-state index in [1.165, 1.54) is 22.7 Å². The Morgan fingerprint density at radius 2 is 2.12 bits per heavy atom. The van der Waals surface area contributed by atoms with E-state index in [1.54, 1.807) is 11.6 Å². The number of ether oxygens (including phenoxy) is 1. The molecule has 1 aliphatic rings. The van der Waals surface area contributed by atoms with Gasteiger partial charge in [-0.2, -0.15) is 0 Å². The predicted molar refractivity (Wildman–Crippen MR) is 91.9 cm³/mol. The van der Waals surface area contributed by atoms with E-state index in [2.05, 4.69) is 15.6 Å². The smallest absolute Gasteiger partial charge is 0.359 e. The van der Waals surface area contributed by atoms with Gasteiger partial charge in [0.2, 0.25) is 0 Å². The number of hydrogen-bond donors (Lipinski definition) is 2. The summed E-state index contributed by atoms with van der Waals surface area (Å²) in [6, 6.07) is -0.495. The van der Waals surface area contributed by atoms with Crippen LogP contribution in [0.5, 0.6) is 0 Å². The first-order chi connectivity index (χ1) is 12.0. The Labute approximate surface area is 152 Å². The first-order valence-corrected chi connectivity index (χ1v) is 9.15. The molecule has 1 atom stereocenters. The molecule has 1 aliphatic carbocycles. The number of nitrogens with one attached hydrogen (secondary N) is 2. The van der Waals surface area contributed by atoms with Crippen molar-refractivity contribution in [2.75, 3.05) is 0 Å². The third-order valence-corrected chi connectivity index (χ3v) is 5.01. The minimum absolute atomic E-state index is 0.00318. The monoisotopic (exact) mass is 384 g/mol. The number of imidazole rings is 1. The van der Waals surface area contributed by atoms with Gasteiger partial charge in [0.15, 0.2) is 21.9 Å². The van der Waals surface area contributed by atoms with Gasteiger partial charge in [-0.1, -0.05) is 24.4 Å². The summed E-state index contributed by atoms with van der Waals surface area (Å²) in [6.45, 7) is 1.38. The Hall–Kier alpha value is -2.13. The number of imide groups is 1. The van der Waals surface area contributed by atoms with Crippen LogP contribution in [-0.4, -0.2) is 39.4 Å². The van der Waals surface area contributed by atoms with Crippen LogP contribution in [0.15, 0.2) is 11.6 Å². The molecule has 0 aromatic carbocycles. The lowest BCUT2D eigenvalue weighted by Crippen LogP contribution is -2.47. The van der Waals surface area contributed by atoms with Crippen molar-refractivity contribution >= 4 is 45.8 Å². The molecule has 2 heterocycles. The molecule has 1 fully saturated rings. The fourth-order valence-electron chi connectivity index (χ4n) is 2.72. The standard InChI is InChI=1S/C15H17ClN4O4S/c1-8(12(21)19-14(23)17-9-4-2-3-5-9)24-13(22)10-11(16)18-15-20(10)6-7-25-15/h6-9H,2-5H2,1H3,(H2,17,19,21,23)/t8-/m0/s1. The number of urea groups is 1. The van der Waals surface area contributed by atoms with Gasteiger partial charge in [-0.05, 0) is 19.8 Å². The van der Waals surface area contributed by atoms with E-state index < -0.39 is 24.0 Å². The maximum atomic E-state index is 12.3. The van der Waals surface area contributed by atoms with E-state index in [4.69, 9.17) is 16.3 Å². The molecular formula is C15H17ClN4O4S. The number of aromatic nitrogens is 2. The van der Waals surface area contributed by atoms with Gasteiger partial charge in [0.1, 0.15) is 0 Å². The minimum atomic E-state index is -1.15. The summed E-state index contributed by atoms with van der Waals surface area (Å²) in [5, 5.41) is 6.67. The van der Waals surface area contributed by atoms with Crippen molar-refractivity contribution in [3.05, 3.63) is 22.4 Å². The summed E-state index contributed by atoms with van der Waals surface area (Å²) in [4.78, 5) is 40.7. The number of nitrogens with zero attached hydrogens (tertiary/aromatic N) is 2. The van der Waals surface area contributed by atoms with Gasteiger partial charge in [-0.15, -0.1) is 11.3 Å². The van der Waals surface area contributed by atoms with Crippen LogP contribution in [0.1, 0.15) is 43.1 Å². The van der Waals surface area contributed by atoms with Crippen molar-refractivity contribution in [2.24, 2.45) is 0 Å². The van der Waals surface area contributed by atoms with Crippen LogP contribution in [0.3, 0.4) is 0 Å². The summed E-state index contributed by atoms with van der Waals surface area (Å²) < 4.78 is 6.61. The molecule has 2 N–H and O–H groups in total. The minimum Gasteiger partial charge on any atom is -0.448 e. The highest BCUT2D eigenvalue weighted by Crippen LogP contribution is 2.22. The number of carbonyl (C=O) groups excluding carboxylic acids is 3. The van der Waals surface area contributed by atoms with Gasteiger partial charge in [-0.3, -0.25) is 14.5 Å². The molecule has 2 aromatic heterocycles. The molecule has 8 nitrogen and oxygen atoms in total. The molecule has 134 valence electrons. The summed E-state index contributed by atoms with van der Waals surface area (Å²) in [7, 11) is 0. The second-order valence-corrected chi connectivity index (χ2v) is 7.03. The summed E-state index contributed by atoms with van der Waals surface area (Å²) in [5.41, 5.74) is 0.0490. The Morgan fingerprint density at radius 1 is 1.40 bits per heavy atom. The molecule has 0 radical (unpaired) electrons. The van der Waals surface area contributed by atoms with Gasteiger partial charge < -0.3 is 10.1 Å². The zero-order valence-electron chi connectivity index (χ0n) is 13.5. The molecule has 3 amide bonds.